The Hall–Kier alpha value is -1.66. The Kier molecular flexibility index (Phi) is 3.12. The van der Waals surface area contributed by atoms with E-state index >= 15 is 0 Å². The molecule has 1 atom stereocenters. The number of benzene rings is 1. The molecule has 98 valence electrons. The fourth-order valence-corrected chi connectivity index (χ4v) is 2.98. The van der Waals surface area contributed by atoms with Crippen LogP contribution < -0.4 is 10.6 Å². The highest BCUT2D eigenvalue weighted by Gasteiger charge is 2.33. The number of nitrogens with two attached hydrogens (primary N) is 1. The molecule has 1 aromatic heterocycles. The number of anilines is 2. The van der Waals surface area contributed by atoms with Crippen molar-refractivity contribution in [1.29, 1.82) is 0 Å². The topological polar surface area (TPSA) is 72.1 Å². The number of hydrogen-bond donors (Lipinski definition) is 1. The molecule has 0 spiro atoms. The number of hydrogen-bond acceptors (Lipinski definition) is 5. The molecule has 0 aliphatic carbocycles. The highest BCUT2D eigenvalue weighted by Crippen LogP contribution is 2.33. The lowest BCUT2D eigenvalue weighted by atomic mass is 10.1. The van der Waals surface area contributed by atoms with E-state index in [4.69, 9.17) is 17.3 Å². The van der Waals surface area contributed by atoms with Gasteiger partial charge in [-0.25, -0.2) is 0 Å². The van der Waals surface area contributed by atoms with Crippen molar-refractivity contribution in [2.24, 2.45) is 0 Å². The van der Waals surface area contributed by atoms with Crippen LogP contribution in [0.15, 0.2) is 24.3 Å². The molecule has 2 heterocycles. The van der Waals surface area contributed by atoms with Crippen LogP contribution in [0.3, 0.4) is 0 Å². The molecule has 3 rings (SSSR count). The van der Waals surface area contributed by atoms with Crippen LogP contribution in [0.5, 0.6) is 0 Å². The monoisotopic (exact) mass is 294 g/mol. The Morgan fingerprint density at radius 1 is 1.32 bits per heavy atom. The average molecular weight is 295 g/mol. The first-order valence-electron chi connectivity index (χ1n) is 5.78. The van der Waals surface area contributed by atoms with Crippen LogP contribution in [-0.4, -0.2) is 22.6 Å². The summed E-state index contributed by atoms with van der Waals surface area (Å²) in [5, 5.41) is 9.73. The van der Waals surface area contributed by atoms with Gasteiger partial charge in [0.25, 0.3) is 0 Å². The number of carbonyl (C=O) groups excluding carboxylic acids is 1. The Balaban J connectivity index is 1.82. The zero-order valence-electron chi connectivity index (χ0n) is 9.91. The number of nitrogen functional groups attached to an aromatic ring is 1. The normalized spacial score (nSPS) is 19.1. The van der Waals surface area contributed by atoms with E-state index in [9.17, 15) is 4.79 Å². The highest BCUT2D eigenvalue weighted by atomic mass is 35.5. The van der Waals surface area contributed by atoms with E-state index in [2.05, 4.69) is 10.2 Å². The second-order valence-corrected chi connectivity index (χ2v) is 5.84. The van der Waals surface area contributed by atoms with E-state index in [1.807, 2.05) is 12.1 Å². The minimum Gasteiger partial charge on any atom is -0.374 e. The zero-order chi connectivity index (χ0) is 13.4. The van der Waals surface area contributed by atoms with E-state index in [-0.39, 0.29) is 11.8 Å². The molecule has 0 unspecified atom stereocenters. The Morgan fingerprint density at radius 2 is 2.05 bits per heavy atom. The second-order valence-electron chi connectivity index (χ2n) is 4.36. The van der Waals surface area contributed by atoms with E-state index in [0.717, 1.165) is 10.7 Å². The molecule has 0 saturated carbocycles. The summed E-state index contributed by atoms with van der Waals surface area (Å²) in [5.74, 6) is 0.152. The van der Waals surface area contributed by atoms with Crippen molar-refractivity contribution in [2.75, 3.05) is 17.2 Å². The van der Waals surface area contributed by atoms with Gasteiger partial charge in [0, 0.05) is 29.6 Å². The summed E-state index contributed by atoms with van der Waals surface area (Å²) in [6.07, 6.45) is 0.442. The molecular weight excluding hydrogens is 284 g/mol. The van der Waals surface area contributed by atoms with Gasteiger partial charge in [-0.1, -0.05) is 22.9 Å². The molecule has 1 amide bonds. The minimum absolute atomic E-state index is 0.0676. The Bertz CT molecular complexity index is 612. The van der Waals surface area contributed by atoms with Crippen molar-refractivity contribution in [2.45, 2.75) is 12.3 Å². The van der Waals surface area contributed by atoms with E-state index in [0.29, 0.717) is 23.1 Å². The van der Waals surface area contributed by atoms with Gasteiger partial charge in [-0.15, -0.1) is 10.2 Å². The average Bonchev–Trinajstić information content (AvgIpc) is 2.97. The van der Waals surface area contributed by atoms with Crippen LogP contribution in [0, 0.1) is 0 Å². The minimum atomic E-state index is 0.0676. The molecule has 1 aliphatic heterocycles. The maximum Gasteiger partial charge on any atom is 0.227 e. The fraction of sp³-hybridized carbons (Fsp3) is 0.250. The van der Waals surface area contributed by atoms with Gasteiger partial charge in [0.1, 0.15) is 5.01 Å². The van der Waals surface area contributed by atoms with E-state index < -0.39 is 0 Å². The third kappa shape index (κ3) is 2.41. The smallest absolute Gasteiger partial charge is 0.227 e. The lowest BCUT2D eigenvalue weighted by Gasteiger charge is -2.16. The number of rotatable bonds is 2. The van der Waals surface area contributed by atoms with Gasteiger partial charge < -0.3 is 10.6 Å². The van der Waals surface area contributed by atoms with Crippen LogP contribution in [0.2, 0.25) is 5.02 Å². The van der Waals surface area contributed by atoms with Gasteiger partial charge in [0.2, 0.25) is 11.0 Å². The molecule has 7 heteroatoms. The lowest BCUT2D eigenvalue weighted by Crippen LogP contribution is -2.24. The Labute approximate surface area is 119 Å². The molecule has 0 bridgehead atoms. The fourth-order valence-electron chi connectivity index (χ4n) is 2.16. The van der Waals surface area contributed by atoms with Crippen molar-refractivity contribution in [3.05, 3.63) is 34.3 Å². The molecule has 1 aromatic carbocycles. The summed E-state index contributed by atoms with van der Waals surface area (Å²) in [6, 6.07) is 7.25. The number of nitrogens with zero attached hydrogens (tertiary/aromatic N) is 3. The molecule has 1 saturated heterocycles. The first-order chi connectivity index (χ1) is 9.13. The predicted molar refractivity (Wildman–Crippen MR) is 75.5 cm³/mol. The van der Waals surface area contributed by atoms with Crippen molar-refractivity contribution < 1.29 is 4.79 Å². The third-order valence-electron chi connectivity index (χ3n) is 3.07. The van der Waals surface area contributed by atoms with Gasteiger partial charge in [0.05, 0.1) is 0 Å². The molecule has 1 fully saturated rings. The number of amides is 1. The van der Waals surface area contributed by atoms with Crippen LogP contribution in [-0.2, 0) is 4.79 Å². The van der Waals surface area contributed by atoms with Gasteiger partial charge >= 0.3 is 0 Å². The summed E-state index contributed by atoms with van der Waals surface area (Å²) < 4.78 is 0. The molecule has 5 nitrogen and oxygen atoms in total. The lowest BCUT2D eigenvalue weighted by molar-refractivity contribution is -0.117. The third-order valence-corrected chi connectivity index (χ3v) is 4.24. The molecule has 19 heavy (non-hydrogen) atoms. The number of aromatic nitrogens is 2. The van der Waals surface area contributed by atoms with E-state index in [1.165, 1.54) is 11.3 Å². The Morgan fingerprint density at radius 3 is 2.68 bits per heavy atom. The van der Waals surface area contributed by atoms with Gasteiger partial charge in [-0.05, 0) is 24.3 Å². The molecule has 0 radical (unpaired) electrons. The summed E-state index contributed by atoms with van der Waals surface area (Å²) in [6.45, 7) is 0.606. The van der Waals surface area contributed by atoms with Crippen molar-refractivity contribution in [1.82, 2.24) is 10.2 Å². The summed E-state index contributed by atoms with van der Waals surface area (Å²) in [5.41, 5.74) is 6.43. The standard InChI is InChI=1S/C12H11ClN4OS/c13-8-1-3-9(4-2-8)17-6-7(5-10(17)18)11-15-16-12(14)19-11/h1-4,7H,5-6H2,(H2,14,16)/t7-/m0/s1. The van der Waals surface area contributed by atoms with Crippen LogP contribution >= 0.6 is 22.9 Å². The maximum atomic E-state index is 12.1. The largest absolute Gasteiger partial charge is 0.374 e. The summed E-state index contributed by atoms with van der Waals surface area (Å²) >= 11 is 7.19. The zero-order valence-corrected chi connectivity index (χ0v) is 11.5. The van der Waals surface area contributed by atoms with Crippen LogP contribution in [0.1, 0.15) is 17.3 Å². The molecule has 2 N–H and O–H groups in total. The summed E-state index contributed by atoms with van der Waals surface area (Å²) in [7, 11) is 0. The summed E-state index contributed by atoms with van der Waals surface area (Å²) in [4.78, 5) is 13.8. The first-order valence-corrected chi connectivity index (χ1v) is 6.98. The van der Waals surface area contributed by atoms with Crippen molar-refractivity contribution in [3.63, 3.8) is 0 Å². The number of carbonyl (C=O) groups is 1. The van der Waals surface area contributed by atoms with Crippen LogP contribution in [0.4, 0.5) is 10.8 Å². The quantitative estimate of drug-likeness (QED) is 0.922. The maximum absolute atomic E-state index is 12.1. The first kappa shape index (κ1) is 12.4. The van der Waals surface area contributed by atoms with E-state index in [1.54, 1.807) is 17.0 Å². The molecule has 2 aromatic rings. The predicted octanol–water partition coefficient (Wildman–Crippen LogP) is 2.29. The second kappa shape index (κ2) is 4.79. The van der Waals surface area contributed by atoms with Gasteiger partial charge in [0.15, 0.2) is 0 Å². The highest BCUT2D eigenvalue weighted by molar-refractivity contribution is 7.15. The molecular formula is C12H11ClN4OS. The SMILES string of the molecule is Nc1nnc([C@H]2CC(=O)N(c3ccc(Cl)cc3)C2)s1. The van der Waals surface area contributed by atoms with Gasteiger partial charge in [-0.3, -0.25) is 4.79 Å². The van der Waals surface area contributed by atoms with Crippen LogP contribution in [0.25, 0.3) is 0 Å². The van der Waals surface area contributed by atoms with Crippen molar-refractivity contribution in [3.8, 4) is 0 Å². The van der Waals surface area contributed by atoms with Gasteiger partial charge in [-0.2, -0.15) is 0 Å². The number of halogens is 1. The molecule has 1 aliphatic rings. The van der Waals surface area contributed by atoms with Crippen molar-refractivity contribution >= 4 is 39.7 Å².